The summed E-state index contributed by atoms with van der Waals surface area (Å²) in [5.74, 6) is 0.585. The Morgan fingerprint density at radius 2 is 2.22 bits per heavy atom. The van der Waals surface area contributed by atoms with Crippen LogP contribution in [0.15, 0.2) is 22.9 Å². The zero-order valence-corrected chi connectivity index (χ0v) is 13.8. The van der Waals surface area contributed by atoms with Crippen LogP contribution >= 0.6 is 0 Å². The van der Waals surface area contributed by atoms with Crippen LogP contribution in [0.1, 0.15) is 36.8 Å². The number of hydrogen-bond donors (Lipinski definition) is 2. The van der Waals surface area contributed by atoms with Gasteiger partial charge in [0.15, 0.2) is 0 Å². The van der Waals surface area contributed by atoms with Gasteiger partial charge in [0, 0.05) is 24.0 Å². The van der Waals surface area contributed by atoms with Gasteiger partial charge in [-0.05, 0) is 33.8 Å². The number of carbonyl (C=O) groups excluding carboxylic acids is 1. The highest BCUT2D eigenvalue weighted by Gasteiger charge is 2.18. The summed E-state index contributed by atoms with van der Waals surface area (Å²) in [5.41, 5.74) is 1.12. The summed E-state index contributed by atoms with van der Waals surface area (Å²) in [4.78, 5) is 12.0. The highest BCUT2D eigenvalue weighted by Crippen LogP contribution is 2.25. The highest BCUT2D eigenvalue weighted by molar-refractivity contribution is 5.92. The topological polar surface area (TPSA) is 95.9 Å². The van der Waals surface area contributed by atoms with Crippen LogP contribution in [0.4, 0.5) is 5.88 Å². The molecule has 2 rings (SSSR count). The normalized spacial score (nSPS) is 13.3. The molecule has 2 atom stereocenters. The summed E-state index contributed by atoms with van der Waals surface area (Å²) >= 11 is 0. The standard InChI is InChI=1S/C16H21N5O2/c1-10-13(4)23-16(14(10)8-17)20-15(22)9-18-11(2)12(3)21-7-5-6-19-21/h5-7,11-12,18H,9H2,1-4H3,(H,20,22)/t11-,12+/m1/s1. The van der Waals surface area contributed by atoms with E-state index in [1.807, 2.05) is 30.8 Å². The van der Waals surface area contributed by atoms with Gasteiger partial charge in [-0.1, -0.05) is 0 Å². The van der Waals surface area contributed by atoms with E-state index in [9.17, 15) is 4.79 Å². The second-order valence-electron chi connectivity index (χ2n) is 5.54. The number of nitrogens with one attached hydrogen (secondary N) is 2. The number of aryl methyl sites for hydroxylation is 1. The Morgan fingerprint density at radius 3 is 2.83 bits per heavy atom. The summed E-state index contributed by atoms with van der Waals surface area (Å²) in [5, 5.41) is 19.1. The first-order chi connectivity index (χ1) is 10.9. The lowest BCUT2D eigenvalue weighted by Gasteiger charge is -2.21. The van der Waals surface area contributed by atoms with Crippen molar-refractivity contribution >= 4 is 11.8 Å². The van der Waals surface area contributed by atoms with Gasteiger partial charge in [-0.15, -0.1) is 0 Å². The predicted molar refractivity (Wildman–Crippen MR) is 85.9 cm³/mol. The fraction of sp³-hybridized carbons (Fsp3) is 0.438. The lowest BCUT2D eigenvalue weighted by atomic mass is 10.1. The molecule has 0 bridgehead atoms. The lowest BCUT2D eigenvalue weighted by Crippen LogP contribution is -2.39. The van der Waals surface area contributed by atoms with Crippen LogP contribution in [0.25, 0.3) is 0 Å². The Labute approximate surface area is 135 Å². The van der Waals surface area contributed by atoms with Crippen molar-refractivity contribution in [1.82, 2.24) is 15.1 Å². The molecule has 0 aliphatic carbocycles. The van der Waals surface area contributed by atoms with Crippen LogP contribution in [0.3, 0.4) is 0 Å². The van der Waals surface area contributed by atoms with Crippen molar-refractivity contribution in [1.29, 1.82) is 5.26 Å². The number of carbonyl (C=O) groups is 1. The maximum atomic E-state index is 12.0. The number of aromatic nitrogens is 2. The molecule has 2 heterocycles. The third-order valence-corrected chi connectivity index (χ3v) is 4.00. The van der Waals surface area contributed by atoms with Gasteiger partial charge in [0.2, 0.25) is 11.8 Å². The quantitative estimate of drug-likeness (QED) is 0.851. The third kappa shape index (κ3) is 3.79. The van der Waals surface area contributed by atoms with E-state index in [0.717, 1.165) is 5.56 Å². The predicted octanol–water partition coefficient (Wildman–Crippen LogP) is 2.14. The van der Waals surface area contributed by atoms with Gasteiger partial charge < -0.3 is 9.73 Å². The number of rotatable bonds is 6. The fourth-order valence-electron chi connectivity index (χ4n) is 2.20. The van der Waals surface area contributed by atoms with Gasteiger partial charge in [0.05, 0.1) is 12.6 Å². The molecule has 2 aromatic heterocycles. The second-order valence-corrected chi connectivity index (χ2v) is 5.54. The molecule has 122 valence electrons. The Bertz CT molecular complexity index is 712. The van der Waals surface area contributed by atoms with E-state index in [0.29, 0.717) is 11.3 Å². The zero-order chi connectivity index (χ0) is 17.0. The maximum absolute atomic E-state index is 12.0. The number of hydrogen-bond acceptors (Lipinski definition) is 5. The Kier molecular flexibility index (Phi) is 5.19. The molecule has 0 saturated carbocycles. The summed E-state index contributed by atoms with van der Waals surface area (Å²) < 4.78 is 7.26. The molecule has 2 aromatic rings. The van der Waals surface area contributed by atoms with Gasteiger partial charge >= 0.3 is 0 Å². The third-order valence-electron chi connectivity index (χ3n) is 4.00. The highest BCUT2D eigenvalue weighted by atomic mass is 16.4. The molecular weight excluding hydrogens is 294 g/mol. The van der Waals surface area contributed by atoms with E-state index in [2.05, 4.69) is 21.8 Å². The van der Waals surface area contributed by atoms with Crippen LogP contribution in [0, 0.1) is 25.2 Å². The molecular formula is C16H21N5O2. The van der Waals surface area contributed by atoms with Crippen LogP contribution in [0.2, 0.25) is 0 Å². The van der Waals surface area contributed by atoms with Crippen molar-refractivity contribution < 1.29 is 9.21 Å². The first-order valence-electron chi connectivity index (χ1n) is 7.46. The number of furan rings is 1. The Morgan fingerprint density at radius 1 is 1.48 bits per heavy atom. The summed E-state index contributed by atoms with van der Waals surface area (Å²) in [6.45, 7) is 7.69. The van der Waals surface area contributed by atoms with E-state index < -0.39 is 0 Å². The lowest BCUT2D eigenvalue weighted by molar-refractivity contribution is -0.115. The number of nitrogens with zero attached hydrogens (tertiary/aromatic N) is 3. The first-order valence-corrected chi connectivity index (χ1v) is 7.46. The molecule has 0 aliphatic heterocycles. The SMILES string of the molecule is Cc1oc(NC(=O)CN[C@H](C)[C@H](C)n2cccn2)c(C#N)c1C. The molecule has 0 radical (unpaired) electrons. The van der Waals surface area contributed by atoms with E-state index in [1.54, 1.807) is 20.0 Å². The van der Waals surface area contributed by atoms with Crippen molar-refractivity contribution in [2.75, 3.05) is 11.9 Å². The molecule has 0 spiro atoms. The molecule has 7 heteroatoms. The van der Waals surface area contributed by atoms with Crippen molar-refractivity contribution in [3.8, 4) is 6.07 Å². The minimum Gasteiger partial charge on any atom is -0.444 e. The van der Waals surface area contributed by atoms with Crippen molar-refractivity contribution in [2.45, 2.75) is 39.8 Å². The van der Waals surface area contributed by atoms with Crippen molar-refractivity contribution in [2.24, 2.45) is 0 Å². The van der Waals surface area contributed by atoms with E-state index in [-0.39, 0.29) is 30.4 Å². The van der Waals surface area contributed by atoms with Gasteiger partial charge in [-0.3, -0.25) is 14.8 Å². The van der Waals surface area contributed by atoms with Gasteiger partial charge in [0.25, 0.3) is 0 Å². The minimum atomic E-state index is -0.255. The average Bonchev–Trinajstić information content (AvgIpc) is 3.14. The summed E-state index contributed by atoms with van der Waals surface area (Å²) in [7, 11) is 0. The zero-order valence-electron chi connectivity index (χ0n) is 13.8. The average molecular weight is 315 g/mol. The number of amides is 1. The van der Waals surface area contributed by atoms with Crippen molar-refractivity contribution in [3.63, 3.8) is 0 Å². The maximum Gasteiger partial charge on any atom is 0.240 e. The van der Waals surface area contributed by atoms with Gasteiger partial charge in [0.1, 0.15) is 17.4 Å². The van der Waals surface area contributed by atoms with E-state index >= 15 is 0 Å². The Hall–Kier alpha value is -2.59. The molecule has 0 fully saturated rings. The van der Waals surface area contributed by atoms with Crippen molar-refractivity contribution in [3.05, 3.63) is 35.3 Å². The number of nitriles is 1. The smallest absolute Gasteiger partial charge is 0.240 e. The first kappa shape index (κ1) is 16.8. The molecule has 0 aliphatic rings. The monoisotopic (exact) mass is 315 g/mol. The molecule has 0 saturated heterocycles. The molecule has 7 nitrogen and oxygen atoms in total. The second kappa shape index (κ2) is 7.11. The minimum absolute atomic E-state index is 0.0520. The molecule has 0 unspecified atom stereocenters. The van der Waals surface area contributed by atoms with Crippen LogP contribution in [-0.4, -0.2) is 28.3 Å². The van der Waals surface area contributed by atoms with E-state index in [4.69, 9.17) is 9.68 Å². The van der Waals surface area contributed by atoms with Crippen LogP contribution < -0.4 is 10.6 Å². The molecule has 0 aromatic carbocycles. The largest absolute Gasteiger partial charge is 0.444 e. The van der Waals surface area contributed by atoms with Gasteiger partial charge in [-0.25, -0.2) is 0 Å². The molecule has 23 heavy (non-hydrogen) atoms. The Balaban J connectivity index is 1.91. The number of anilines is 1. The fourth-order valence-corrected chi connectivity index (χ4v) is 2.20. The van der Waals surface area contributed by atoms with Crippen LogP contribution in [0.5, 0.6) is 0 Å². The summed E-state index contributed by atoms with van der Waals surface area (Å²) in [6.07, 6.45) is 3.61. The van der Waals surface area contributed by atoms with Gasteiger partial charge in [-0.2, -0.15) is 10.4 Å². The van der Waals surface area contributed by atoms with E-state index in [1.165, 1.54) is 0 Å². The molecule has 2 N–H and O–H groups in total. The summed E-state index contributed by atoms with van der Waals surface area (Å²) in [6, 6.07) is 4.08. The van der Waals surface area contributed by atoms with Crippen LogP contribution in [-0.2, 0) is 4.79 Å². The molecule has 1 amide bonds.